The maximum atomic E-state index is 12.2. The fourth-order valence-electron chi connectivity index (χ4n) is 1.93. The van der Waals surface area contributed by atoms with Crippen molar-refractivity contribution in [2.75, 3.05) is 5.32 Å². The molecule has 1 aromatic carbocycles. The molecule has 3 aromatic rings. The van der Waals surface area contributed by atoms with Crippen LogP contribution in [0.5, 0.6) is 11.6 Å². The number of nitrogens with zero attached hydrogens (tertiary/aromatic N) is 2. The molecule has 118 valence electrons. The second kappa shape index (κ2) is 7.25. The minimum Gasteiger partial charge on any atom is -0.439 e. The van der Waals surface area contributed by atoms with Gasteiger partial charge in [0.25, 0.3) is 5.91 Å². The smallest absolute Gasteiger partial charge is 0.267 e. The van der Waals surface area contributed by atoms with Gasteiger partial charge in [-0.1, -0.05) is 22.0 Å². The number of pyridine rings is 1. The number of halogens is 1. The average Bonchev–Trinajstić information content (AvgIpc) is 3.05. The molecular formula is C17H10BrN3O2S. The molecule has 0 saturated heterocycles. The quantitative estimate of drug-likeness (QED) is 0.681. The summed E-state index contributed by atoms with van der Waals surface area (Å²) in [4.78, 5) is 16.7. The van der Waals surface area contributed by atoms with Gasteiger partial charge in [-0.3, -0.25) is 4.79 Å². The van der Waals surface area contributed by atoms with Crippen molar-refractivity contribution in [3.63, 3.8) is 0 Å². The van der Waals surface area contributed by atoms with E-state index in [0.29, 0.717) is 27.8 Å². The summed E-state index contributed by atoms with van der Waals surface area (Å²) in [5, 5.41) is 13.4. The Kier molecular flexibility index (Phi) is 4.89. The first-order valence-electron chi connectivity index (χ1n) is 6.84. The number of anilines is 1. The van der Waals surface area contributed by atoms with E-state index in [2.05, 4.69) is 26.2 Å². The Hall–Kier alpha value is -2.69. The molecule has 0 fully saturated rings. The van der Waals surface area contributed by atoms with Crippen molar-refractivity contribution in [1.29, 1.82) is 5.26 Å². The minimum atomic E-state index is -0.330. The first kappa shape index (κ1) is 16.2. The molecule has 1 N–H and O–H groups in total. The Bertz CT molecular complexity index is 916. The van der Waals surface area contributed by atoms with E-state index in [1.54, 1.807) is 23.6 Å². The van der Waals surface area contributed by atoms with E-state index in [1.807, 2.05) is 30.3 Å². The lowest BCUT2D eigenvalue weighted by Crippen LogP contribution is -2.11. The zero-order valence-electron chi connectivity index (χ0n) is 12.2. The highest BCUT2D eigenvalue weighted by atomic mass is 79.9. The number of rotatable bonds is 4. The van der Waals surface area contributed by atoms with E-state index in [1.165, 1.54) is 17.5 Å². The average molecular weight is 400 g/mol. The largest absolute Gasteiger partial charge is 0.439 e. The van der Waals surface area contributed by atoms with Crippen LogP contribution < -0.4 is 10.1 Å². The summed E-state index contributed by atoms with van der Waals surface area (Å²) < 4.78 is 6.54. The van der Waals surface area contributed by atoms with Crippen LogP contribution in [0.3, 0.4) is 0 Å². The summed E-state index contributed by atoms with van der Waals surface area (Å²) in [5.41, 5.74) is 0.888. The summed E-state index contributed by atoms with van der Waals surface area (Å²) in [5.74, 6) is 0.745. The number of hydrogen-bond donors (Lipinski definition) is 1. The van der Waals surface area contributed by atoms with E-state index in [4.69, 9.17) is 10.00 Å². The van der Waals surface area contributed by atoms with Gasteiger partial charge >= 0.3 is 0 Å². The zero-order chi connectivity index (χ0) is 16.9. The van der Waals surface area contributed by atoms with Gasteiger partial charge in [-0.25, -0.2) is 4.98 Å². The summed E-state index contributed by atoms with van der Waals surface area (Å²) in [6.07, 6.45) is 1.50. The Morgan fingerprint density at radius 2 is 2.17 bits per heavy atom. The summed E-state index contributed by atoms with van der Waals surface area (Å²) in [6.45, 7) is 0. The van der Waals surface area contributed by atoms with Crippen LogP contribution >= 0.6 is 27.3 Å². The second-order valence-corrected chi connectivity index (χ2v) is 6.51. The van der Waals surface area contributed by atoms with Crippen molar-refractivity contribution in [2.45, 2.75) is 0 Å². The SMILES string of the molecule is N#Cc1ccsc1C(=O)Nc1ccc(Oc2cccc(Br)c2)nc1. The van der Waals surface area contributed by atoms with Gasteiger partial charge in [-0.05, 0) is 35.7 Å². The van der Waals surface area contributed by atoms with Crippen LogP contribution in [0.15, 0.2) is 58.5 Å². The lowest BCUT2D eigenvalue weighted by atomic mass is 10.2. The van der Waals surface area contributed by atoms with Crippen molar-refractivity contribution in [3.05, 3.63) is 69.0 Å². The number of nitriles is 1. The Morgan fingerprint density at radius 3 is 2.88 bits per heavy atom. The molecule has 0 aliphatic heterocycles. The molecule has 0 aliphatic rings. The number of thiophene rings is 1. The highest BCUT2D eigenvalue weighted by molar-refractivity contribution is 9.10. The molecule has 0 bridgehead atoms. The first-order valence-corrected chi connectivity index (χ1v) is 8.51. The van der Waals surface area contributed by atoms with Gasteiger partial charge < -0.3 is 10.1 Å². The fraction of sp³-hybridized carbons (Fsp3) is 0. The van der Waals surface area contributed by atoms with Crippen LogP contribution in [0.4, 0.5) is 5.69 Å². The number of carbonyl (C=O) groups excluding carboxylic acids is 1. The van der Waals surface area contributed by atoms with Gasteiger partial charge in [0.2, 0.25) is 5.88 Å². The first-order chi connectivity index (χ1) is 11.7. The summed E-state index contributed by atoms with van der Waals surface area (Å²) >= 11 is 4.60. The molecule has 1 amide bonds. The van der Waals surface area contributed by atoms with Crippen LogP contribution in [0.1, 0.15) is 15.2 Å². The fourth-order valence-corrected chi connectivity index (χ4v) is 3.04. The van der Waals surface area contributed by atoms with E-state index < -0.39 is 0 Å². The number of nitrogens with one attached hydrogen (secondary N) is 1. The Morgan fingerprint density at radius 1 is 1.29 bits per heavy atom. The van der Waals surface area contributed by atoms with E-state index in [9.17, 15) is 4.79 Å². The number of carbonyl (C=O) groups is 1. The van der Waals surface area contributed by atoms with Crippen molar-refractivity contribution >= 4 is 38.9 Å². The molecule has 0 spiro atoms. The molecule has 5 nitrogen and oxygen atoms in total. The molecular weight excluding hydrogens is 390 g/mol. The monoisotopic (exact) mass is 399 g/mol. The van der Waals surface area contributed by atoms with Gasteiger partial charge in [0.15, 0.2) is 0 Å². The molecule has 2 aromatic heterocycles. The maximum absolute atomic E-state index is 12.2. The number of benzene rings is 1. The number of amides is 1. The summed E-state index contributed by atoms with van der Waals surface area (Å²) in [7, 11) is 0. The lowest BCUT2D eigenvalue weighted by molar-refractivity contribution is 0.103. The third-order valence-corrected chi connectivity index (χ3v) is 4.41. The van der Waals surface area contributed by atoms with Crippen LogP contribution in [-0.2, 0) is 0 Å². The molecule has 0 saturated carbocycles. The van der Waals surface area contributed by atoms with Gasteiger partial charge in [0.05, 0.1) is 17.4 Å². The van der Waals surface area contributed by atoms with Crippen molar-refractivity contribution < 1.29 is 9.53 Å². The molecule has 2 heterocycles. The van der Waals surface area contributed by atoms with Crippen molar-refractivity contribution in [3.8, 4) is 17.7 Å². The predicted octanol–water partition coefficient (Wildman–Crippen LogP) is 4.82. The maximum Gasteiger partial charge on any atom is 0.267 e. The standard InChI is InChI=1S/C17H10BrN3O2S/c18-12-2-1-3-14(8-12)23-15-5-4-13(10-20-15)21-17(22)16-11(9-19)6-7-24-16/h1-8,10H,(H,21,22). The van der Waals surface area contributed by atoms with Gasteiger partial charge in [-0.15, -0.1) is 11.3 Å². The second-order valence-electron chi connectivity index (χ2n) is 4.67. The highest BCUT2D eigenvalue weighted by Crippen LogP contribution is 2.24. The number of aromatic nitrogens is 1. The Labute approximate surface area is 150 Å². The summed E-state index contributed by atoms with van der Waals surface area (Å²) in [6, 6.07) is 14.4. The third kappa shape index (κ3) is 3.79. The number of hydrogen-bond acceptors (Lipinski definition) is 5. The molecule has 24 heavy (non-hydrogen) atoms. The Balaban J connectivity index is 1.69. The topological polar surface area (TPSA) is 75.0 Å². The molecule has 3 rings (SSSR count). The predicted molar refractivity (Wildman–Crippen MR) is 95.4 cm³/mol. The van der Waals surface area contributed by atoms with Crippen LogP contribution in [0.25, 0.3) is 0 Å². The molecule has 0 unspecified atom stereocenters. The zero-order valence-corrected chi connectivity index (χ0v) is 14.6. The molecule has 0 atom stereocenters. The van der Waals surface area contributed by atoms with Crippen LogP contribution in [0.2, 0.25) is 0 Å². The van der Waals surface area contributed by atoms with Crippen LogP contribution in [-0.4, -0.2) is 10.9 Å². The number of ether oxygens (including phenoxy) is 1. The van der Waals surface area contributed by atoms with E-state index in [-0.39, 0.29) is 5.91 Å². The lowest BCUT2D eigenvalue weighted by Gasteiger charge is -2.07. The molecule has 0 radical (unpaired) electrons. The highest BCUT2D eigenvalue weighted by Gasteiger charge is 2.13. The van der Waals surface area contributed by atoms with Crippen molar-refractivity contribution in [1.82, 2.24) is 4.98 Å². The van der Waals surface area contributed by atoms with E-state index >= 15 is 0 Å². The van der Waals surface area contributed by atoms with E-state index in [0.717, 1.165) is 4.47 Å². The normalized spacial score (nSPS) is 10.0. The van der Waals surface area contributed by atoms with Crippen molar-refractivity contribution in [2.24, 2.45) is 0 Å². The minimum absolute atomic E-state index is 0.330. The van der Waals surface area contributed by atoms with Crippen LogP contribution in [0, 0.1) is 11.3 Å². The van der Waals surface area contributed by atoms with Gasteiger partial charge in [0.1, 0.15) is 16.7 Å². The molecule has 0 aliphatic carbocycles. The van der Waals surface area contributed by atoms with Gasteiger partial charge in [0, 0.05) is 10.5 Å². The van der Waals surface area contributed by atoms with Gasteiger partial charge in [-0.2, -0.15) is 5.26 Å². The molecule has 7 heteroatoms. The third-order valence-electron chi connectivity index (χ3n) is 3.00.